The van der Waals surface area contributed by atoms with Gasteiger partial charge in [0.2, 0.25) is 5.91 Å². The normalized spacial score (nSPS) is 21.4. The van der Waals surface area contributed by atoms with E-state index in [-0.39, 0.29) is 23.8 Å². The highest BCUT2D eigenvalue weighted by Crippen LogP contribution is 2.53. The number of rotatable bonds is 5. The molecule has 0 aliphatic carbocycles. The van der Waals surface area contributed by atoms with E-state index in [9.17, 15) is 9.59 Å². The Bertz CT molecular complexity index is 867. The van der Waals surface area contributed by atoms with Gasteiger partial charge in [-0.05, 0) is 18.1 Å². The van der Waals surface area contributed by atoms with Gasteiger partial charge in [-0.2, -0.15) is 0 Å². The summed E-state index contributed by atoms with van der Waals surface area (Å²) in [6.45, 7) is 2.17. The maximum Gasteiger partial charge on any atom is 0.356 e. The van der Waals surface area contributed by atoms with Crippen molar-refractivity contribution < 1.29 is 14.3 Å². The number of fused-ring (bicyclic) bond motifs is 1. The molecule has 0 saturated carbocycles. The smallest absolute Gasteiger partial charge is 0.356 e. The molecule has 1 fully saturated rings. The zero-order valence-corrected chi connectivity index (χ0v) is 15.1. The highest BCUT2D eigenvalue weighted by molar-refractivity contribution is 8.09. The van der Waals surface area contributed by atoms with E-state index in [0.29, 0.717) is 5.70 Å². The van der Waals surface area contributed by atoms with E-state index in [1.165, 1.54) is 0 Å². The predicted molar refractivity (Wildman–Crippen MR) is 99.4 cm³/mol. The third-order valence-electron chi connectivity index (χ3n) is 4.62. The summed E-state index contributed by atoms with van der Waals surface area (Å²) in [5, 5.41) is -0.0259. The minimum absolute atomic E-state index is 0.00412. The maximum absolute atomic E-state index is 12.8. The van der Waals surface area contributed by atoms with Crippen LogP contribution >= 0.6 is 11.8 Å². The maximum atomic E-state index is 12.8. The minimum Gasteiger partial charge on any atom is -0.456 e. The standard InChI is InChI=1S/C20H18N2O3S/c1-2-15-18(23)22-16(20(24)25-12-13-7-4-3-5-8-13)17(26-19(15)22)14-9-6-10-21-11-14/h3-11,15,19H,2,12H2,1H3/t15-,19+/m0/s1. The summed E-state index contributed by atoms with van der Waals surface area (Å²) in [6.07, 6.45) is 4.16. The van der Waals surface area contributed by atoms with Crippen LogP contribution in [0.3, 0.4) is 0 Å². The first-order valence-corrected chi connectivity index (χ1v) is 9.44. The number of nitrogens with zero attached hydrogens (tertiary/aromatic N) is 2. The number of hydrogen-bond donors (Lipinski definition) is 0. The number of carbonyl (C=O) groups is 2. The van der Waals surface area contributed by atoms with Crippen LogP contribution in [0, 0.1) is 5.92 Å². The molecule has 0 spiro atoms. The lowest BCUT2D eigenvalue weighted by atomic mass is 9.94. The van der Waals surface area contributed by atoms with Crippen molar-refractivity contribution in [2.45, 2.75) is 25.3 Å². The molecule has 4 rings (SSSR count). The van der Waals surface area contributed by atoms with Crippen molar-refractivity contribution >= 4 is 28.5 Å². The van der Waals surface area contributed by atoms with Gasteiger partial charge in [-0.15, -0.1) is 0 Å². The number of benzene rings is 1. The zero-order valence-electron chi connectivity index (χ0n) is 14.3. The van der Waals surface area contributed by atoms with Crippen molar-refractivity contribution in [2.24, 2.45) is 5.92 Å². The molecular weight excluding hydrogens is 348 g/mol. The molecule has 0 N–H and O–H groups in total. The highest BCUT2D eigenvalue weighted by atomic mass is 32.2. The van der Waals surface area contributed by atoms with Crippen molar-refractivity contribution in [3.05, 3.63) is 71.7 Å². The monoisotopic (exact) mass is 366 g/mol. The number of aromatic nitrogens is 1. The number of amides is 1. The van der Waals surface area contributed by atoms with Crippen LogP contribution in [0.4, 0.5) is 0 Å². The number of hydrogen-bond acceptors (Lipinski definition) is 5. The van der Waals surface area contributed by atoms with Crippen molar-refractivity contribution in [3.63, 3.8) is 0 Å². The first-order chi connectivity index (χ1) is 12.7. The molecule has 1 amide bonds. The quantitative estimate of drug-likeness (QED) is 0.599. The fraction of sp³-hybridized carbons (Fsp3) is 0.250. The summed E-state index contributed by atoms with van der Waals surface area (Å²) in [7, 11) is 0. The molecule has 26 heavy (non-hydrogen) atoms. The summed E-state index contributed by atoms with van der Waals surface area (Å²) in [4.78, 5) is 31.8. The average Bonchev–Trinajstić information content (AvgIpc) is 3.04. The molecule has 1 aromatic carbocycles. The van der Waals surface area contributed by atoms with E-state index in [1.54, 1.807) is 29.1 Å². The van der Waals surface area contributed by atoms with Crippen LogP contribution in [0.15, 0.2) is 60.6 Å². The Balaban J connectivity index is 1.62. The zero-order chi connectivity index (χ0) is 18.1. The van der Waals surface area contributed by atoms with E-state index >= 15 is 0 Å². The Morgan fingerprint density at radius 2 is 2.04 bits per heavy atom. The topological polar surface area (TPSA) is 59.5 Å². The van der Waals surface area contributed by atoms with Gasteiger partial charge in [0.25, 0.3) is 0 Å². The van der Waals surface area contributed by atoms with E-state index in [4.69, 9.17) is 4.74 Å². The van der Waals surface area contributed by atoms with Gasteiger partial charge in [0.1, 0.15) is 12.3 Å². The van der Waals surface area contributed by atoms with Crippen LogP contribution in [-0.2, 0) is 20.9 Å². The van der Waals surface area contributed by atoms with Gasteiger partial charge in [0, 0.05) is 22.9 Å². The van der Waals surface area contributed by atoms with E-state index in [2.05, 4.69) is 4.98 Å². The fourth-order valence-corrected chi connectivity index (χ4v) is 4.82. The van der Waals surface area contributed by atoms with Gasteiger partial charge in [0.05, 0.1) is 11.3 Å². The average molecular weight is 366 g/mol. The van der Waals surface area contributed by atoms with E-state index in [1.807, 2.05) is 49.4 Å². The van der Waals surface area contributed by atoms with Gasteiger partial charge in [-0.25, -0.2) is 4.79 Å². The van der Waals surface area contributed by atoms with Gasteiger partial charge in [0.15, 0.2) is 0 Å². The third kappa shape index (κ3) is 2.80. The van der Waals surface area contributed by atoms with Gasteiger partial charge < -0.3 is 4.74 Å². The van der Waals surface area contributed by atoms with Gasteiger partial charge >= 0.3 is 5.97 Å². The number of esters is 1. The molecule has 2 atom stereocenters. The minimum atomic E-state index is -0.467. The fourth-order valence-electron chi connectivity index (χ4n) is 3.24. The summed E-state index contributed by atoms with van der Waals surface area (Å²) in [5.41, 5.74) is 2.09. The van der Waals surface area contributed by atoms with Crippen molar-refractivity contribution in [3.8, 4) is 0 Å². The van der Waals surface area contributed by atoms with Gasteiger partial charge in [-0.1, -0.05) is 55.1 Å². The summed E-state index contributed by atoms with van der Waals surface area (Å²) >= 11 is 1.55. The molecule has 0 radical (unpaired) electrons. The predicted octanol–water partition coefficient (Wildman–Crippen LogP) is 3.43. The number of β-lactam (4-membered cyclic amide) rings is 1. The summed E-state index contributed by atoms with van der Waals surface area (Å²) in [6, 6.07) is 13.2. The van der Waals surface area contributed by atoms with Gasteiger partial charge in [-0.3, -0.25) is 14.7 Å². The number of ether oxygens (including phenoxy) is 1. The molecule has 3 heterocycles. The second-order valence-corrected chi connectivity index (χ2v) is 7.34. The lowest BCUT2D eigenvalue weighted by Gasteiger charge is -2.42. The molecule has 0 unspecified atom stereocenters. The second kappa shape index (κ2) is 6.96. The Kier molecular flexibility index (Phi) is 4.51. The molecule has 6 heteroatoms. The lowest BCUT2D eigenvalue weighted by Crippen LogP contribution is -2.57. The lowest BCUT2D eigenvalue weighted by molar-refractivity contribution is -0.154. The van der Waals surface area contributed by atoms with Crippen molar-refractivity contribution in [1.82, 2.24) is 9.88 Å². The van der Waals surface area contributed by atoms with Crippen LogP contribution in [0.5, 0.6) is 0 Å². The molecule has 0 bridgehead atoms. The third-order valence-corrected chi connectivity index (χ3v) is 6.06. The van der Waals surface area contributed by atoms with E-state index in [0.717, 1.165) is 22.5 Å². The number of thioether (sulfide) groups is 1. The molecule has 2 aromatic rings. The molecule has 2 aliphatic rings. The van der Waals surface area contributed by atoms with Crippen LogP contribution in [-0.4, -0.2) is 27.1 Å². The van der Waals surface area contributed by atoms with E-state index < -0.39 is 5.97 Å². The molecule has 5 nitrogen and oxygen atoms in total. The Morgan fingerprint density at radius 1 is 1.23 bits per heavy atom. The molecule has 2 aliphatic heterocycles. The Labute approximate surface area is 156 Å². The molecule has 1 saturated heterocycles. The molecule has 1 aromatic heterocycles. The number of pyridine rings is 1. The largest absolute Gasteiger partial charge is 0.456 e. The van der Waals surface area contributed by atoms with Crippen molar-refractivity contribution in [1.29, 1.82) is 0 Å². The molecule has 132 valence electrons. The molecular formula is C20H18N2O3S. The SMILES string of the molecule is CC[C@H]1C(=O)N2C(C(=O)OCc3ccccc3)=C(c3cccnc3)S[C@H]12. The first kappa shape index (κ1) is 16.8. The number of carbonyl (C=O) groups excluding carboxylic acids is 2. The second-order valence-electron chi connectivity index (χ2n) is 6.21. The Morgan fingerprint density at radius 3 is 2.73 bits per heavy atom. The van der Waals surface area contributed by atoms with Crippen LogP contribution < -0.4 is 0 Å². The summed E-state index contributed by atoms with van der Waals surface area (Å²) < 4.78 is 5.51. The van der Waals surface area contributed by atoms with Crippen LogP contribution in [0.2, 0.25) is 0 Å². The summed E-state index contributed by atoms with van der Waals surface area (Å²) in [5.74, 6) is -0.521. The van der Waals surface area contributed by atoms with Crippen LogP contribution in [0.1, 0.15) is 24.5 Å². The highest BCUT2D eigenvalue weighted by Gasteiger charge is 2.55. The van der Waals surface area contributed by atoms with Crippen LogP contribution in [0.25, 0.3) is 4.91 Å². The first-order valence-electron chi connectivity index (χ1n) is 8.56. The Hall–Kier alpha value is -2.60. The van der Waals surface area contributed by atoms with Crippen molar-refractivity contribution in [2.75, 3.05) is 0 Å².